The molecule has 2 rings (SSSR count). The molecule has 9 heteroatoms. The lowest BCUT2D eigenvalue weighted by Crippen LogP contribution is -2.46. The van der Waals surface area contributed by atoms with E-state index in [1.165, 1.54) is 0 Å². The molecule has 25 heavy (non-hydrogen) atoms. The molecule has 0 spiro atoms. The number of aryl methyl sites for hydroxylation is 1. The Labute approximate surface area is 161 Å². The van der Waals surface area contributed by atoms with E-state index in [0.717, 1.165) is 5.69 Å². The highest BCUT2D eigenvalue weighted by atomic mass is 79.9. The Morgan fingerprint density at radius 3 is 2.40 bits per heavy atom. The Morgan fingerprint density at radius 2 is 1.96 bits per heavy atom. The molecule has 3 N–H and O–H groups in total. The average molecular weight is 439 g/mol. The van der Waals surface area contributed by atoms with Crippen LogP contribution in [-0.2, 0) is 4.74 Å². The van der Waals surface area contributed by atoms with Crippen molar-refractivity contribution in [1.82, 2.24) is 15.2 Å². The van der Waals surface area contributed by atoms with Crippen LogP contribution in [0.1, 0.15) is 42.9 Å². The zero-order valence-corrected chi connectivity index (χ0v) is 17.0. The van der Waals surface area contributed by atoms with E-state index >= 15 is 0 Å². The van der Waals surface area contributed by atoms with Crippen LogP contribution in [0, 0.1) is 6.92 Å². The Bertz CT molecular complexity index is 586. The summed E-state index contributed by atoms with van der Waals surface area (Å²) in [5, 5.41) is 11.1. The van der Waals surface area contributed by atoms with Crippen LogP contribution >= 0.6 is 27.5 Å². The van der Waals surface area contributed by atoms with Gasteiger partial charge in [-0.25, -0.2) is 4.79 Å². The topological polar surface area (TPSA) is 94.7 Å². The predicted octanol–water partition coefficient (Wildman–Crippen LogP) is 3.09. The third-order valence-electron chi connectivity index (χ3n) is 3.64. The van der Waals surface area contributed by atoms with Gasteiger partial charge in [0, 0.05) is 31.4 Å². The number of H-pyrrole nitrogens is 1. The van der Waals surface area contributed by atoms with Gasteiger partial charge < -0.3 is 25.0 Å². The molecular formula is C16H25BrClN3O4. The maximum atomic E-state index is 12.3. The van der Waals surface area contributed by atoms with Gasteiger partial charge in [0.25, 0.3) is 5.91 Å². The lowest BCUT2D eigenvalue weighted by Gasteiger charge is -2.31. The summed E-state index contributed by atoms with van der Waals surface area (Å²) in [4.78, 5) is 28.5. The summed E-state index contributed by atoms with van der Waals surface area (Å²) in [6.45, 7) is 7.05. The Morgan fingerprint density at radius 1 is 1.40 bits per heavy atom. The van der Waals surface area contributed by atoms with Gasteiger partial charge in [0.2, 0.25) is 0 Å². The number of likely N-dealkylation sites (tertiary alicyclic amines) is 1. The van der Waals surface area contributed by atoms with Gasteiger partial charge in [0.1, 0.15) is 5.69 Å². The van der Waals surface area contributed by atoms with Crippen LogP contribution in [0.4, 0.5) is 4.79 Å². The molecule has 142 valence electrons. The molecule has 7 nitrogen and oxygen atoms in total. The number of aliphatic hydroxyl groups is 1. The first-order valence-electron chi connectivity index (χ1n) is 8.22. The molecular weight excluding hydrogens is 414 g/mol. The molecule has 0 unspecified atom stereocenters. The van der Waals surface area contributed by atoms with Crippen molar-refractivity contribution in [3.05, 3.63) is 20.9 Å². The summed E-state index contributed by atoms with van der Waals surface area (Å²) in [7, 11) is 0. The number of amides is 2. The first kappa shape index (κ1) is 21.8. The first-order chi connectivity index (χ1) is 11.8. The van der Waals surface area contributed by atoms with Gasteiger partial charge in [-0.15, -0.1) is 0 Å². The van der Waals surface area contributed by atoms with Gasteiger partial charge in [-0.1, -0.05) is 11.6 Å². The number of halogens is 2. The molecule has 1 aliphatic heterocycles. The lowest BCUT2D eigenvalue weighted by molar-refractivity contribution is 0.0856. The number of piperidine rings is 1. The minimum absolute atomic E-state index is 0.0347. The summed E-state index contributed by atoms with van der Waals surface area (Å²) in [5.74, 6) is -0.198. The second-order valence-electron chi connectivity index (χ2n) is 5.50. The van der Waals surface area contributed by atoms with Crippen molar-refractivity contribution in [2.45, 2.75) is 39.7 Å². The van der Waals surface area contributed by atoms with E-state index < -0.39 is 0 Å². The lowest BCUT2D eigenvalue weighted by atomic mass is 10.1. The van der Waals surface area contributed by atoms with E-state index in [4.69, 9.17) is 21.4 Å². The molecule has 1 aromatic rings. The van der Waals surface area contributed by atoms with Gasteiger partial charge >= 0.3 is 6.09 Å². The molecule has 1 aromatic heterocycles. The van der Waals surface area contributed by atoms with Crippen molar-refractivity contribution in [2.75, 3.05) is 26.3 Å². The van der Waals surface area contributed by atoms with E-state index in [1.807, 2.05) is 6.92 Å². The second-order valence-corrected chi connectivity index (χ2v) is 6.67. The minimum Gasteiger partial charge on any atom is -0.450 e. The number of hydrogen-bond donors (Lipinski definition) is 3. The summed E-state index contributed by atoms with van der Waals surface area (Å²) in [6.07, 6.45) is 1.12. The number of carbonyl (C=O) groups is 2. The largest absolute Gasteiger partial charge is 0.450 e. The highest BCUT2D eigenvalue weighted by Gasteiger charge is 2.26. The van der Waals surface area contributed by atoms with E-state index in [0.29, 0.717) is 47.7 Å². The van der Waals surface area contributed by atoms with Crippen LogP contribution in [0.15, 0.2) is 4.47 Å². The summed E-state index contributed by atoms with van der Waals surface area (Å²) < 4.78 is 5.55. The van der Waals surface area contributed by atoms with Crippen molar-refractivity contribution < 1.29 is 19.4 Å². The van der Waals surface area contributed by atoms with E-state index in [9.17, 15) is 9.59 Å². The minimum atomic E-state index is -0.290. The average Bonchev–Trinajstić information content (AvgIpc) is 2.84. The molecule has 0 atom stereocenters. The molecule has 0 saturated carbocycles. The third-order valence-corrected chi connectivity index (χ3v) is 5.13. The normalized spacial score (nSPS) is 14.6. The van der Waals surface area contributed by atoms with Gasteiger partial charge in [-0.3, -0.25) is 4.79 Å². The van der Waals surface area contributed by atoms with Gasteiger partial charge in [0.15, 0.2) is 0 Å². The number of aromatic nitrogens is 1. The van der Waals surface area contributed by atoms with E-state index in [1.54, 1.807) is 18.7 Å². The maximum absolute atomic E-state index is 12.3. The number of carbonyl (C=O) groups excluding carboxylic acids is 2. The monoisotopic (exact) mass is 437 g/mol. The highest BCUT2D eigenvalue weighted by Crippen LogP contribution is 2.29. The van der Waals surface area contributed by atoms with Crippen molar-refractivity contribution in [3.8, 4) is 0 Å². The Balaban J connectivity index is 0.000000970. The number of nitrogens with zero attached hydrogens (tertiary/aromatic N) is 1. The maximum Gasteiger partial charge on any atom is 0.409 e. The fourth-order valence-electron chi connectivity index (χ4n) is 2.41. The number of hydrogen-bond acceptors (Lipinski definition) is 4. The zero-order chi connectivity index (χ0) is 19.0. The number of rotatable bonds is 3. The number of nitrogens with one attached hydrogen (secondary N) is 2. The van der Waals surface area contributed by atoms with Gasteiger partial charge in [-0.2, -0.15) is 0 Å². The van der Waals surface area contributed by atoms with Crippen molar-refractivity contribution >= 4 is 39.5 Å². The molecule has 1 aliphatic rings. The second kappa shape index (κ2) is 10.7. The molecule has 0 radical (unpaired) electrons. The van der Waals surface area contributed by atoms with Crippen LogP contribution in [0.25, 0.3) is 0 Å². The van der Waals surface area contributed by atoms with Gasteiger partial charge in [-0.05, 0) is 49.5 Å². The molecule has 0 aliphatic carbocycles. The Kier molecular flexibility index (Phi) is 9.31. The number of aromatic amines is 1. The SMILES string of the molecule is CCO.CCOC(=O)N1CCC(NC(=O)c2[nH]c(C)c(Cl)c2Br)CC1. The van der Waals surface area contributed by atoms with Crippen LogP contribution in [0.3, 0.4) is 0 Å². The number of ether oxygens (including phenoxy) is 1. The third kappa shape index (κ3) is 6.20. The summed E-state index contributed by atoms with van der Waals surface area (Å²) >= 11 is 9.37. The molecule has 0 aromatic carbocycles. The number of aliphatic hydroxyl groups excluding tert-OH is 1. The van der Waals surface area contributed by atoms with Crippen molar-refractivity contribution in [2.24, 2.45) is 0 Å². The van der Waals surface area contributed by atoms with E-state index in [-0.39, 0.29) is 24.6 Å². The van der Waals surface area contributed by atoms with E-state index in [2.05, 4.69) is 26.2 Å². The first-order valence-corrected chi connectivity index (χ1v) is 9.39. The molecule has 2 heterocycles. The van der Waals surface area contributed by atoms with Crippen LogP contribution in [-0.4, -0.2) is 59.3 Å². The fraction of sp³-hybridized carbons (Fsp3) is 0.625. The van der Waals surface area contributed by atoms with Crippen molar-refractivity contribution in [3.63, 3.8) is 0 Å². The van der Waals surface area contributed by atoms with Crippen LogP contribution in [0.5, 0.6) is 0 Å². The quantitative estimate of drug-likeness (QED) is 0.676. The molecule has 0 bridgehead atoms. The van der Waals surface area contributed by atoms with Gasteiger partial charge in [0.05, 0.1) is 16.1 Å². The summed E-state index contributed by atoms with van der Waals surface area (Å²) in [5.41, 5.74) is 1.17. The highest BCUT2D eigenvalue weighted by molar-refractivity contribution is 9.10. The molecule has 2 amide bonds. The van der Waals surface area contributed by atoms with Crippen molar-refractivity contribution in [1.29, 1.82) is 0 Å². The summed E-state index contributed by atoms with van der Waals surface area (Å²) in [6, 6.07) is 0.0347. The predicted molar refractivity (Wildman–Crippen MR) is 100 cm³/mol. The molecule has 1 saturated heterocycles. The Hall–Kier alpha value is -1.25. The zero-order valence-electron chi connectivity index (χ0n) is 14.7. The van der Waals surface area contributed by atoms with Crippen LogP contribution < -0.4 is 5.32 Å². The molecule has 1 fully saturated rings. The fourth-order valence-corrected chi connectivity index (χ4v) is 3.13. The smallest absolute Gasteiger partial charge is 0.409 e. The standard InChI is InChI=1S/C14H19BrClN3O3.C2H6O/c1-3-22-14(21)19-6-4-9(5-7-19)18-13(20)12-10(15)11(16)8(2)17-12;1-2-3/h9,17H,3-7H2,1-2H3,(H,18,20);3H,2H2,1H3. The van der Waals surface area contributed by atoms with Crippen LogP contribution in [0.2, 0.25) is 5.02 Å².